The summed E-state index contributed by atoms with van der Waals surface area (Å²) in [5.74, 6) is -0.183. The van der Waals surface area contributed by atoms with E-state index in [0.717, 1.165) is 10.2 Å². The largest absolute Gasteiger partial charge is 0.481 e. The van der Waals surface area contributed by atoms with Crippen molar-refractivity contribution in [3.63, 3.8) is 0 Å². The minimum atomic E-state index is -0.443. The molecule has 1 fully saturated rings. The van der Waals surface area contributed by atoms with Crippen LogP contribution >= 0.6 is 27.7 Å². The number of amidine groups is 1. The third-order valence-corrected chi connectivity index (χ3v) is 5.00. The predicted octanol–water partition coefficient (Wildman–Crippen LogP) is 4.28. The molecule has 6 nitrogen and oxygen atoms in total. The van der Waals surface area contributed by atoms with Crippen molar-refractivity contribution in [2.45, 2.75) is 6.92 Å². The summed E-state index contributed by atoms with van der Waals surface area (Å²) in [6.07, 6.45) is 1.71. The molecule has 0 bridgehead atoms. The summed E-state index contributed by atoms with van der Waals surface area (Å²) in [4.78, 5) is 28.7. The average molecular weight is 461 g/mol. The van der Waals surface area contributed by atoms with Gasteiger partial charge in [-0.1, -0.05) is 34.1 Å². The van der Waals surface area contributed by atoms with Gasteiger partial charge < -0.3 is 14.8 Å². The zero-order valence-electron chi connectivity index (χ0n) is 15.0. The normalized spacial score (nSPS) is 16.3. The number of rotatable bonds is 6. The Morgan fingerprint density at radius 2 is 1.96 bits per heavy atom. The Labute approximate surface area is 175 Å². The van der Waals surface area contributed by atoms with E-state index in [9.17, 15) is 9.59 Å². The molecule has 1 aliphatic rings. The molecule has 0 saturated carbocycles. The van der Waals surface area contributed by atoms with E-state index in [4.69, 9.17) is 9.47 Å². The molecule has 0 radical (unpaired) electrons. The van der Waals surface area contributed by atoms with Crippen LogP contribution in [0.2, 0.25) is 0 Å². The van der Waals surface area contributed by atoms with Crippen molar-refractivity contribution in [3.05, 3.63) is 63.5 Å². The van der Waals surface area contributed by atoms with E-state index in [0.29, 0.717) is 28.0 Å². The summed E-state index contributed by atoms with van der Waals surface area (Å²) in [7, 11) is 0. The monoisotopic (exact) mass is 460 g/mol. The number of benzene rings is 2. The first-order valence-corrected chi connectivity index (χ1v) is 10.1. The molecule has 0 atom stereocenters. The number of hydrogen-bond acceptors (Lipinski definition) is 6. The number of esters is 1. The van der Waals surface area contributed by atoms with Gasteiger partial charge in [-0.2, -0.15) is 0 Å². The highest BCUT2D eigenvalue weighted by molar-refractivity contribution is 9.10. The first-order valence-electron chi connectivity index (χ1n) is 8.48. The number of hydrogen-bond donors (Lipinski definition) is 1. The van der Waals surface area contributed by atoms with Crippen molar-refractivity contribution in [1.82, 2.24) is 5.32 Å². The maximum absolute atomic E-state index is 12.3. The Morgan fingerprint density at radius 1 is 1.21 bits per heavy atom. The van der Waals surface area contributed by atoms with Crippen LogP contribution in [0.4, 0.5) is 5.69 Å². The third kappa shape index (κ3) is 5.46. The van der Waals surface area contributed by atoms with E-state index in [2.05, 4.69) is 26.2 Å². The van der Waals surface area contributed by atoms with Crippen LogP contribution in [0.15, 0.2) is 62.9 Å². The summed E-state index contributed by atoms with van der Waals surface area (Å²) < 4.78 is 11.4. The van der Waals surface area contributed by atoms with Crippen molar-refractivity contribution >= 4 is 56.5 Å². The number of carbonyl (C=O) groups is 2. The molecule has 1 aliphatic heterocycles. The molecule has 0 aromatic heterocycles. The fourth-order valence-electron chi connectivity index (χ4n) is 2.33. The van der Waals surface area contributed by atoms with E-state index >= 15 is 0 Å². The van der Waals surface area contributed by atoms with Crippen molar-refractivity contribution in [3.8, 4) is 5.75 Å². The van der Waals surface area contributed by atoms with Gasteiger partial charge in [0.15, 0.2) is 11.8 Å². The first-order chi connectivity index (χ1) is 13.5. The minimum Gasteiger partial charge on any atom is -0.481 e. The van der Waals surface area contributed by atoms with E-state index in [1.807, 2.05) is 36.4 Å². The van der Waals surface area contributed by atoms with Crippen LogP contribution in [0.1, 0.15) is 12.5 Å². The molecular formula is C20H17BrN2O4S. The number of carbonyl (C=O) groups excluding carboxylic acids is 2. The number of para-hydroxylation sites is 1. The van der Waals surface area contributed by atoms with Crippen LogP contribution in [0, 0.1) is 0 Å². The second-order valence-corrected chi connectivity index (χ2v) is 7.54. The van der Waals surface area contributed by atoms with Gasteiger partial charge in [0, 0.05) is 10.0 Å². The molecular weight excluding hydrogens is 444 g/mol. The summed E-state index contributed by atoms with van der Waals surface area (Å²) >= 11 is 4.62. The van der Waals surface area contributed by atoms with Crippen LogP contribution in [0.25, 0.3) is 6.08 Å². The van der Waals surface area contributed by atoms with E-state index in [-0.39, 0.29) is 12.5 Å². The number of ether oxygens (including phenoxy) is 2. The first kappa shape index (κ1) is 20.2. The third-order valence-electron chi connectivity index (χ3n) is 3.56. The number of halogens is 1. The quantitative estimate of drug-likeness (QED) is 0.513. The lowest BCUT2D eigenvalue weighted by molar-refractivity contribution is -0.145. The molecule has 8 heteroatoms. The molecule has 1 saturated heterocycles. The predicted molar refractivity (Wildman–Crippen MR) is 114 cm³/mol. The van der Waals surface area contributed by atoms with E-state index in [1.54, 1.807) is 25.1 Å². The Morgan fingerprint density at radius 3 is 2.71 bits per heavy atom. The Bertz CT molecular complexity index is 941. The molecule has 0 aliphatic carbocycles. The molecule has 2 aromatic rings. The summed E-state index contributed by atoms with van der Waals surface area (Å²) in [6, 6.07) is 14.6. The summed E-state index contributed by atoms with van der Waals surface area (Å²) in [5, 5.41) is 3.26. The number of nitrogens with zero attached hydrogens (tertiary/aromatic N) is 1. The molecule has 3 rings (SSSR count). The van der Waals surface area contributed by atoms with Crippen molar-refractivity contribution in [2.24, 2.45) is 4.99 Å². The zero-order chi connectivity index (χ0) is 19.9. The van der Waals surface area contributed by atoms with Gasteiger partial charge in [0.05, 0.1) is 17.2 Å². The van der Waals surface area contributed by atoms with Crippen molar-refractivity contribution in [2.75, 3.05) is 13.2 Å². The standard InChI is InChI=1S/C20H17BrN2O4S/c1-2-26-18(24)12-27-16-6-4-3-5-13(16)11-17-19(25)23-20(28-17)22-15-9-7-14(21)8-10-15/h3-11H,2,12H2,1H3,(H,22,23,25)/b17-11+. The Hall–Kier alpha value is -2.58. The summed E-state index contributed by atoms with van der Waals surface area (Å²) in [6.45, 7) is 1.84. The van der Waals surface area contributed by atoms with Gasteiger partial charge in [-0.25, -0.2) is 9.79 Å². The van der Waals surface area contributed by atoms with Gasteiger partial charge >= 0.3 is 5.97 Å². The highest BCUT2D eigenvalue weighted by Gasteiger charge is 2.24. The molecule has 2 aromatic carbocycles. The maximum Gasteiger partial charge on any atom is 0.344 e. The molecule has 144 valence electrons. The molecule has 28 heavy (non-hydrogen) atoms. The van der Waals surface area contributed by atoms with Crippen LogP contribution in [-0.4, -0.2) is 30.3 Å². The summed E-state index contributed by atoms with van der Waals surface area (Å²) in [5.41, 5.74) is 1.43. The molecule has 0 unspecified atom stereocenters. The van der Waals surface area contributed by atoms with Crippen molar-refractivity contribution in [1.29, 1.82) is 0 Å². The lowest BCUT2D eigenvalue weighted by atomic mass is 10.2. The molecule has 1 heterocycles. The van der Waals surface area contributed by atoms with Gasteiger partial charge in [0.25, 0.3) is 5.91 Å². The lowest BCUT2D eigenvalue weighted by Gasteiger charge is -2.08. The fraction of sp³-hybridized carbons (Fsp3) is 0.150. The Kier molecular flexibility index (Phi) is 6.89. The highest BCUT2D eigenvalue weighted by Crippen LogP contribution is 2.30. The van der Waals surface area contributed by atoms with Crippen LogP contribution in [-0.2, 0) is 14.3 Å². The number of aliphatic imine (C=N–C) groups is 1. The van der Waals surface area contributed by atoms with Crippen LogP contribution in [0.5, 0.6) is 5.75 Å². The molecule has 0 spiro atoms. The lowest BCUT2D eigenvalue weighted by Crippen LogP contribution is -2.19. The molecule has 1 amide bonds. The zero-order valence-corrected chi connectivity index (χ0v) is 17.4. The topological polar surface area (TPSA) is 77.0 Å². The van der Waals surface area contributed by atoms with Gasteiger partial charge in [-0.15, -0.1) is 0 Å². The van der Waals surface area contributed by atoms with Crippen LogP contribution in [0.3, 0.4) is 0 Å². The smallest absolute Gasteiger partial charge is 0.344 e. The van der Waals surface area contributed by atoms with Gasteiger partial charge in [0.2, 0.25) is 0 Å². The van der Waals surface area contributed by atoms with Gasteiger partial charge in [-0.3, -0.25) is 4.79 Å². The second kappa shape index (κ2) is 9.57. The Balaban J connectivity index is 1.75. The molecule has 1 N–H and O–H groups in total. The average Bonchev–Trinajstić information content (AvgIpc) is 3.02. The maximum atomic E-state index is 12.3. The number of amides is 1. The SMILES string of the molecule is CCOC(=O)COc1ccccc1/C=C1/SC(=Nc2ccc(Br)cc2)NC1=O. The van der Waals surface area contributed by atoms with Gasteiger partial charge in [-0.05, 0) is 55.1 Å². The van der Waals surface area contributed by atoms with Crippen molar-refractivity contribution < 1.29 is 19.1 Å². The van der Waals surface area contributed by atoms with Crippen LogP contribution < -0.4 is 10.1 Å². The minimum absolute atomic E-state index is 0.191. The van der Waals surface area contributed by atoms with Gasteiger partial charge in [0.1, 0.15) is 5.75 Å². The second-order valence-electron chi connectivity index (χ2n) is 5.59. The fourth-order valence-corrected chi connectivity index (χ4v) is 3.42. The van der Waals surface area contributed by atoms with E-state index in [1.165, 1.54) is 11.8 Å². The number of thioether (sulfide) groups is 1. The van der Waals surface area contributed by atoms with E-state index < -0.39 is 5.97 Å². The number of nitrogens with one attached hydrogen (secondary N) is 1. The highest BCUT2D eigenvalue weighted by atomic mass is 79.9.